The maximum Gasteiger partial charge on any atom is 0.281 e. The number of hydrogen-bond donors (Lipinski definition) is 2. The van der Waals surface area contributed by atoms with Gasteiger partial charge in [-0.05, 0) is 61.0 Å². The Morgan fingerprint density at radius 3 is 2.39 bits per heavy atom. The molecule has 0 aliphatic rings. The molecule has 0 saturated carbocycles. The average molecular weight is 562 g/mol. The monoisotopic (exact) mass is 561 g/mol. The summed E-state index contributed by atoms with van der Waals surface area (Å²) in [6.45, 7) is 1.93. The van der Waals surface area contributed by atoms with Crippen molar-refractivity contribution in [2.24, 2.45) is 12.0 Å². The fourth-order valence-electron chi connectivity index (χ4n) is 4.57. The number of H-pyrrole nitrogens is 1. The van der Waals surface area contributed by atoms with Crippen molar-refractivity contribution in [3.05, 3.63) is 112 Å². The van der Waals surface area contributed by atoms with Crippen LogP contribution in [-0.2, 0) is 7.05 Å². The highest BCUT2D eigenvalue weighted by Gasteiger charge is 2.23. The van der Waals surface area contributed by atoms with Crippen molar-refractivity contribution in [1.82, 2.24) is 24.5 Å². The lowest BCUT2D eigenvalue weighted by molar-refractivity contribution is 0.415. The van der Waals surface area contributed by atoms with Gasteiger partial charge in [0.25, 0.3) is 5.56 Å². The lowest BCUT2D eigenvalue weighted by Crippen LogP contribution is -2.20. The van der Waals surface area contributed by atoms with Crippen LogP contribution in [0.3, 0.4) is 0 Å². The van der Waals surface area contributed by atoms with Gasteiger partial charge >= 0.3 is 0 Å². The smallest absolute Gasteiger partial charge is 0.281 e. The Labute approximate surface area is 240 Å². The third-order valence-electron chi connectivity index (χ3n) is 6.77. The van der Waals surface area contributed by atoms with Crippen molar-refractivity contribution in [2.45, 2.75) is 6.92 Å². The molecule has 0 saturated heterocycles. The van der Waals surface area contributed by atoms with E-state index in [1.807, 2.05) is 109 Å². The summed E-state index contributed by atoms with van der Waals surface area (Å²) >= 11 is 1.44. The first-order valence-electron chi connectivity index (χ1n) is 12.9. The van der Waals surface area contributed by atoms with E-state index in [2.05, 4.69) is 15.5 Å². The molecular formula is C31H27N7O2S. The minimum Gasteiger partial charge on any atom is -0.497 e. The summed E-state index contributed by atoms with van der Waals surface area (Å²) in [5, 5.41) is 13.5. The maximum atomic E-state index is 13.6. The number of rotatable bonds is 8. The van der Waals surface area contributed by atoms with E-state index in [0.717, 1.165) is 28.4 Å². The first-order chi connectivity index (χ1) is 20.0. The molecule has 0 spiro atoms. The molecule has 6 rings (SSSR count). The molecule has 0 radical (unpaired) electrons. The summed E-state index contributed by atoms with van der Waals surface area (Å²) in [5.41, 5.74) is 5.16. The highest BCUT2D eigenvalue weighted by molar-refractivity contribution is 7.13. The normalized spacial score (nSPS) is 11.3. The summed E-state index contributed by atoms with van der Waals surface area (Å²) < 4.78 is 8.78. The predicted molar refractivity (Wildman–Crippen MR) is 164 cm³/mol. The number of aromatic amines is 1. The Kier molecular flexibility index (Phi) is 7.05. The molecular weight excluding hydrogens is 534 g/mol. The minimum atomic E-state index is -0.124. The molecule has 0 aliphatic carbocycles. The molecule has 0 fully saturated rings. The zero-order valence-electron chi connectivity index (χ0n) is 22.7. The second-order valence-corrected chi connectivity index (χ2v) is 10.2. The average Bonchev–Trinajstić information content (AvgIpc) is 3.69. The molecule has 0 amide bonds. The topological polar surface area (TPSA) is 102 Å². The van der Waals surface area contributed by atoms with Gasteiger partial charge in [-0.3, -0.25) is 14.6 Å². The number of methoxy groups -OCH3 is 1. The zero-order valence-corrected chi connectivity index (χ0v) is 23.5. The fourth-order valence-corrected chi connectivity index (χ4v) is 5.43. The number of aromatic nitrogens is 5. The highest BCUT2D eigenvalue weighted by atomic mass is 32.1. The lowest BCUT2D eigenvalue weighted by atomic mass is 10.2. The molecule has 41 heavy (non-hydrogen) atoms. The Hall–Kier alpha value is -5.22. The molecule has 0 aliphatic heterocycles. The summed E-state index contributed by atoms with van der Waals surface area (Å²) in [6.07, 6.45) is 1.76. The molecule has 9 nitrogen and oxygen atoms in total. The van der Waals surface area contributed by atoms with Gasteiger partial charge in [0, 0.05) is 30.0 Å². The number of hydrogen-bond acceptors (Lipinski definition) is 7. The largest absolute Gasteiger partial charge is 0.497 e. The van der Waals surface area contributed by atoms with E-state index < -0.39 is 0 Å². The predicted octanol–water partition coefficient (Wildman–Crippen LogP) is 6.50. The standard InChI is InChI=1S/C31H27N7O2S/c1-20-26(31(39)38(37(20)2)23-12-8-5-9-13-23)25-19-41-30(34-25)27-28(32-18-21-14-16-24(40-3)17-15-21)35-36-29(27)33-22-10-6-4-7-11-22/h4-19H,1-3H3,(H2,33,35,36)/b32-18+. The molecule has 3 aromatic heterocycles. The summed E-state index contributed by atoms with van der Waals surface area (Å²) in [7, 11) is 3.52. The zero-order chi connectivity index (χ0) is 28.3. The van der Waals surface area contributed by atoms with Crippen molar-refractivity contribution in [3.8, 4) is 33.3 Å². The van der Waals surface area contributed by atoms with Crippen molar-refractivity contribution in [3.63, 3.8) is 0 Å². The van der Waals surface area contributed by atoms with E-state index in [-0.39, 0.29) is 5.56 Å². The van der Waals surface area contributed by atoms with Gasteiger partial charge in [-0.15, -0.1) is 11.3 Å². The molecule has 0 atom stereocenters. The van der Waals surface area contributed by atoms with Gasteiger partial charge in [-0.25, -0.2) is 14.7 Å². The van der Waals surface area contributed by atoms with Crippen molar-refractivity contribution in [1.29, 1.82) is 0 Å². The summed E-state index contributed by atoms with van der Waals surface area (Å²) in [5.74, 6) is 1.91. The molecule has 3 aromatic carbocycles. The van der Waals surface area contributed by atoms with Crippen LogP contribution in [0, 0.1) is 6.92 Å². The van der Waals surface area contributed by atoms with Crippen LogP contribution in [0.4, 0.5) is 17.3 Å². The van der Waals surface area contributed by atoms with Gasteiger partial charge in [-0.2, -0.15) is 5.10 Å². The van der Waals surface area contributed by atoms with E-state index in [0.29, 0.717) is 33.5 Å². The van der Waals surface area contributed by atoms with Gasteiger partial charge in [0.2, 0.25) is 0 Å². The highest BCUT2D eigenvalue weighted by Crippen LogP contribution is 2.39. The quantitative estimate of drug-likeness (QED) is 0.207. The summed E-state index contributed by atoms with van der Waals surface area (Å²) in [6, 6.07) is 27.0. The van der Waals surface area contributed by atoms with Gasteiger partial charge in [0.15, 0.2) is 11.6 Å². The van der Waals surface area contributed by atoms with Gasteiger partial charge < -0.3 is 10.1 Å². The number of nitrogens with one attached hydrogen (secondary N) is 2. The van der Waals surface area contributed by atoms with Crippen LogP contribution in [0.25, 0.3) is 27.5 Å². The number of benzene rings is 3. The number of aliphatic imine (C=N–C) groups is 1. The second-order valence-electron chi connectivity index (χ2n) is 9.29. The number of ether oxygens (including phenoxy) is 1. The number of para-hydroxylation sites is 2. The second kappa shape index (κ2) is 11.1. The summed E-state index contributed by atoms with van der Waals surface area (Å²) in [4.78, 5) is 23.3. The van der Waals surface area contributed by atoms with Crippen LogP contribution in [0.1, 0.15) is 11.3 Å². The van der Waals surface area contributed by atoms with E-state index in [1.54, 1.807) is 18.0 Å². The van der Waals surface area contributed by atoms with Crippen LogP contribution in [0.5, 0.6) is 5.75 Å². The Bertz CT molecular complexity index is 1880. The minimum absolute atomic E-state index is 0.124. The van der Waals surface area contributed by atoms with Gasteiger partial charge in [0.05, 0.1) is 29.6 Å². The van der Waals surface area contributed by atoms with Crippen LogP contribution in [0.15, 0.2) is 100 Å². The SMILES string of the molecule is COc1ccc(/C=N/c2[nH]nc(Nc3ccccc3)c2-c2nc(-c3c(C)n(C)n(-c4ccccc4)c3=O)cs2)cc1. The van der Waals surface area contributed by atoms with E-state index >= 15 is 0 Å². The van der Waals surface area contributed by atoms with Crippen molar-refractivity contribution >= 4 is 34.9 Å². The molecule has 3 heterocycles. The molecule has 10 heteroatoms. The van der Waals surface area contributed by atoms with E-state index in [9.17, 15) is 4.79 Å². The van der Waals surface area contributed by atoms with Crippen LogP contribution in [-0.4, -0.2) is 37.9 Å². The molecule has 6 aromatic rings. The number of nitrogens with zero attached hydrogens (tertiary/aromatic N) is 5. The third-order valence-corrected chi connectivity index (χ3v) is 7.63. The first-order valence-corrected chi connectivity index (χ1v) is 13.8. The lowest BCUT2D eigenvalue weighted by Gasteiger charge is -2.07. The maximum absolute atomic E-state index is 13.6. The van der Waals surface area contributed by atoms with Gasteiger partial charge in [0.1, 0.15) is 10.8 Å². The Balaban J connectivity index is 1.42. The van der Waals surface area contributed by atoms with Crippen LogP contribution >= 0.6 is 11.3 Å². The molecule has 2 N–H and O–H groups in total. The van der Waals surface area contributed by atoms with E-state index in [4.69, 9.17) is 14.7 Å². The molecule has 0 unspecified atom stereocenters. The Morgan fingerprint density at radius 1 is 0.976 bits per heavy atom. The van der Waals surface area contributed by atoms with Crippen molar-refractivity contribution in [2.75, 3.05) is 12.4 Å². The number of anilines is 2. The van der Waals surface area contributed by atoms with Crippen LogP contribution < -0.4 is 15.6 Å². The molecule has 204 valence electrons. The van der Waals surface area contributed by atoms with Gasteiger partial charge in [-0.1, -0.05) is 36.4 Å². The fraction of sp³-hybridized carbons (Fsp3) is 0.0968. The molecule has 0 bridgehead atoms. The van der Waals surface area contributed by atoms with E-state index in [1.165, 1.54) is 11.3 Å². The number of thiazole rings is 1. The first kappa shape index (κ1) is 26.0. The van der Waals surface area contributed by atoms with Crippen LogP contribution in [0.2, 0.25) is 0 Å². The van der Waals surface area contributed by atoms with Crippen molar-refractivity contribution < 1.29 is 4.74 Å². The third kappa shape index (κ3) is 5.08. The Morgan fingerprint density at radius 2 is 1.68 bits per heavy atom.